The Labute approximate surface area is 167 Å². The lowest BCUT2D eigenvalue weighted by Crippen LogP contribution is -2.28. The van der Waals surface area contributed by atoms with E-state index < -0.39 is 4.92 Å². The van der Waals surface area contributed by atoms with E-state index in [0.717, 1.165) is 23.4 Å². The first-order chi connectivity index (χ1) is 13.8. The van der Waals surface area contributed by atoms with Gasteiger partial charge >= 0.3 is 0 Å². The van der Waals surface area contributed by atoms with Gasteiger partial charge in [-0.05, 0) is 62.2 Å². The van der Waals surface area contributed by atoms with Crippen molar-refractivity contribution in [2.75, 3.05) is 13.6 Å². The lowest BCUT2D eigenvalue weighted by Gasteiger charge is -2.17. The molecule has 0 saturated heterocycles. The zero-order valence-corrected chi connectivity index (χ0v) is 16.2. The highest BCUT2D eigenvalue weighted by Gasteiger charge is 2.16. The second-order valence-electron chi connectivity index (χ2n) is 6.87. The van der Waals surface area contributed by atoms with Gasteiger partial charge < -0.3 is 4.90 Å². The molecule has 0 fully saturated rings. The molecule has 150 valence electrons. The van der Waals surface area contributed by atoms with Crippen LogP contribution in [0.3, 0.4) is 0 Å². The number of nitro benzene ring substituents is 1. The number of aryl methyl sites for hydroxylation is 2. The molecule has 1 aromatic heterocycles. The second-order valence-corrected chi connectivity index (χ2v) is 6.87. The van der Waals surface area contributed by atoms with Crippen LogP contribution in [0.4, 0.5) is 10.1 Å². The summed E-state index contributed by atoms with van der Waals surface area (Å²) in [5, 5.41) is 18.1. The zero-order chi connectivity index (χ0) is 21.0. The third kappa shape index (κ3) is 4.84. The highest BCUT2D eigenvalue weighted by Crippen LogP contribution is 2.20. The number of carbonyl (C=O) groups excluding carboxylic acids is 1. The first kappa shape index (κ1) is 20.2. The molecule has 1 heterocycles. The maximum absolute atomic E-state index is 13.0. The summed E-state index contributed by atoms with van der Waals surface area (Å²) in [6.07, 6.45) is 1.42. The number of nitrogens with zero attached hydrogens (tertiary/aromatic N) is 3. The van der Waals surface area contributed by atoms with E-state index in [0.29, 0.717) is 24.1 Å². The molecule has 2 aromatic carbocycles. The number of aromatic amines is 1. The van der Waals surface area contributed by atoms with E-state index in [1.54, 1.807) is 37.1 Å². The van der Waals surface area contributed by atoms with Gasteiger partial charge in [0, 0.05) is 42.0 Å². The van der Waals surface area contributed by atoms with E-state index in [-0.39, 0.29) is 17.4 Å². The number of nitrogens with one attached hydrogen (secondary N) is 1. The third-order valence-electron chi connectivity index (χ3n) is 4.70. The van der Waals surface area contributed by atoms with Crippen molar-refractivity contribution in [1.29, 1.82) is 0 Å². The number of amides is 1. The van der Waals surface area contributed by atoms with Gasteiger partial charge in [0.1, 0.15) is 5.82 Å². The molecular formula is C21H21FN4O3. The number of benzene rings is 2. The minimum Gasteiger partial charge on any atom is -0.342 e. The number of aromatic nitrogens is 2. The van der Waals surface area contributed by atoms with Gasteiger partial charge in [0.05, 0.1) is 10.6 Å². The van der Waals surface area contributed by atoms with Crippen LogP contribution in [-0.2, 0) is 6.42 Å². The zero-order valence-electron chi connectivity index (χ0n) is 16.2. The number of nitro groups is 1. The maximum Gasteiger partial charge on any atom is 0.272 e. The van der Waals surface area contributed by atoms with E-state index in [1.807, 2.05) is 6.07 Å². The van der Waals surface area contributed by atoms with Crippen molar-refractivity contribution in [1.82, 2.24) is 15.1 Å². The van der Waals surface area contributed by atoms with E-state index in [1.165, 1.54) is 24.3 Å². The Kier molecular flexibility index (Phi) is 6.01. The van der Waals surface area contributed by atoms with Gasteiger partial charge in [-0.15, -0.1) is 0 Å². The predicted molar refractivity (Wildman–Crippen MR) is 107 cm³/mol. The summed E-state index contributed by atoms with van der Waals surface area (Å²) in [4.78, 5) is 24.6. The molecule has 7 nitrogen and oxygen atoms in total. The van der Waals surface area contributed by atoms with Crippen molar-refractivity contribution >= 4 is 11.6 Å². The fourth-order valence-corrected chi connectivity index (χ4v) is 3.08. The van der Waals surface area contributed by atoms with Crippen molar-refractivity contribution in [3.05, 3.63) is 81.3 Å². The van der Waals surface area contributed by atoms with Crippen LogP contribution < -0.4 is 0 Å². The Morgan fingerprint density at radius 1 is 1.21 bits per heavy atom. The average Bonchev–Trinajstić information content (AvgIpc) is 3.16. The Morgan fingerprint density at radius 3 is 2.59 bits per heavy atom. The Hall–Kier alpha value is -3.55. The minimum atomic E-state index is -0.460. The fourth-order valence-electron chi connectivity index (χ4n) is 3.08. The molecule has 0 spiro atoms. The fraction of sp³-hybridized carbons (Fsp3) is 0.238. The molecule has 29 heavy (non-hydrogen) atoms. The van der Waals surface area contributed by atoms with Crippen LogP contribution in [0.5, 0.6) is 0 Å². The van der Waals surface area contributed by atoms with Crippen LogP contribution in [0.1, 0.15) is 28.0 Å². The summed E-state index contributed by atoms with van der Waals surface area (Å²) in [6.45, 7) is 2.14. The summed E-state index contributed by atoms with van der Waals surface area (Å²) >= 11 is 0. The van der Waals surface area contributed by atoms with Gasteiger partial charge in [-0.25, -0.2) is 4.39 Å². The molecular weight excluding hydrogens is 375 g/mol. The molecule has 1 N–H and O–H groups in total. The number of halogens is 1. The maximum atomic E-state index is 13.0. The lowest BCUT2D eigenvalue weighted by atomic mass is 10.1. The van der Waals surface area contributed by atoms with Gasteiger partial charge in [0.15, 0.2) is 0 Å². The van der Waals surface area contributed by atoms with E-state index >= 15 is 0 Å². The van der Waals surface area contributed by atoms with Crippen molar-refractivity contribution < 1.29 is 14.1 Å². The van der Waals surface area contributed by atoms with Gasteiger partial charge in [-0.2, -0.15) is 5.10 Å². The number of hydrogen-bond acceptors (Lipinski definition) is 4. The van der Waals surface area contributed by atoms with Crippen LogP contribution in [0.15, 0.2) is 48.5 Å². The monoisotopic (exact) mass is 396 g/mol. The van der Waals surface area contributed by atoms with Crippen LogP contribution in [-0.4, -0.2) is 39.5 Å². The quantitative estimate of drug-likeness (QED) is 0.480. The van der Waals surface area contributed by atoms with Crippen LogP contribution in [0.25, 0.3) is 11.3 Å². The third-order valence-corrected chi connectivity index (χ3v) is 4.70. The van der Waals surface area contributed by atoms with Crippen LogP contribution in [0, 0.1) is 22.9 Å². The number of carbonyl (C=O) groups is 1. The predicted octanol–water partition coefficient (Wildman–Crippen LogP) is 4.14. The smallest absolute Gasteiger partial charge is 0.272 e. The topological polar surface area (TPSA) is 92.1 Å². The number of hydrogen-bond donors (Lipinski definition) is 1. The van der Waals surface area contributed by atoms with Crippen molar-refractivity contribution in [3.63, 3.8) is 0 Å². The molecule has 0 aliphatic heterocycles. The molecule has 0 radical (unpaired) electrons. The van der Waals surface area contributed by atoms with Gasteiger partial charge in [0.25, 0.3) is 11.6 Å². The Morgan fingerprint density at radius 2 is 1.93 bits per heavy atom. The molecule has 0 unspecified atom stereocenters. The molecule has 0 aliphatic rings. The second kappa shape index (κ2) is 8.64. The largest absolute Gasteiger partial charge is 0.342 e. The summed E-state index contributed by atoms with van der Waals surface area (Å²) in [5.41, 5.74) is 3.38. The van der Waals surface area contributed by atoms with Gasteiger partial charge in [0.2, 0.25) is 0 Å². The highest BCUT2D eigenvalue weighted by atomic mass is 19.1. The average molecular weight is 396 g/mol. The molecule has 8 heteroatoms. The standard InChI is InChI=1S/C21H21FN4O3/c1-14-12-16(7-10-20(14)26(28)29)21(27)25(2)11-3-4-18-13-19(24-23-18)15-5-8-17(22)9-6-15/h5-10,12-13H,3-4,11H2,1-2H3,(H,23,24). The molecule has 3 rings (SSSR count). The first-order valence-electron chi connectivity index (χ1n) is 9.16. The Balaban J connectivity index is 1.55. The lowest BCUT2D eigenvalue weighted by molar-refractivity contribution is -0.385. The molecule has 0 aliphatic carbocycles. The number of rotatable bonds is 7. The first-order valence-corrected chi connectivity index (χ1v) is 9.16. The SMILES string of the molecule is Cc1cc(C(=O)N(C)CCCc2cc(-c3ccc(F)cc3)n[nH]2)ccc1[N+](=O)[O-]. The molecule has 0 saturated carbocycles. The highest BCUT2D eigenvalue weighted by molar-refractivity contribution is 5.94. The minimum absolute atomic E-state index is 0.000377. The summed E-state index contributed by atoms with van der Waals surface area (Å²) in [6, 6.07) is 12.4. The molecule has 0 atom stereocenters. The molecule has 1 amide bonds. The van der Waals surface area contributed by atoms with Crippen LogP contribution >= 0.6 is 0 Å². The van der Waals surface area contributed by atoms with Crippen molar-refractivity contribution in [2.24, 2.45) is 0 Å². The molecule has 3 aromatic rings. The van der Waals surface area contributed by atoms with Crippen molar-refractivity contribution in [3.8, 4) is 11.3 Å². The Bertz CT molecular complexity index is 1030. The van der Waals surface area contributed by atoms with E-state index in [2.05, 4.69) is 10.2 Å². The summed E-state index contributed by atoms with van der Waals surface area (Å²) < 4.78 is 13.0. The van der Waals surface area contributed by atoms with E-state index in [4.69, 9.17) is 0 Å². The van der Waals surface area contributed by atoms with Gasteiger partial charge in [-0.1, -0.05) is 0 Å². The molecule has 0 bridgehead atoms. The van der Waals surface area contributed by atoms with Gasteiger partial charge in [-0.3, -0.25) is 20.0 Å². The normalized spacial score (nSPS) is 10.7. The van der Waals surface area contributed by atoms with E-state index in [9.17, 15) is 19.3 Å². The summed E-state index contributed by atoms with van der Waals surface area (Å²) in [5.74, 6) is -0.472. The number of H-pyrrole nitrogens is 1. The van der Waals surface area contributed by atoms with Crippen molar-refractivity contribution in [2.45, 2.75) is 19.8 Å². The van der Waals surface area contributed by atoms with Crippen LogP contribution in [0.2, 0.25) is 0 Å². The summed E-state index contributed by atoms with van der Waals surface area (Å²) in [7, 11) is 1.70.